The van der Waals surface area contributed by atoms with Crippen LogP contribution in [0.3, 0.4) is 0 Å². The molecular formula is C35H42F2N6O5. The number of anilines is 1. The van der Waals surface area contributed by atoms with Gasteiger partial charge in [0.25, 0.3) is 0 Å². The molecular weight excluding hydrogens is 622 g/mol. The minimum absolute atomic E-state index is 0.0156. The highest BCUT2D eigenvalue weighted by Gasteiger charge is 2.50. The lowest BCUT2D eigenvalue weighted by Crippen LogP contribution is -2.58. The van der Waals surface area contributed by atoms with Gasteiger partial charge in [-0.25, -0.2) is 18.7 Å². The van der Waals surface area contributed by atoms with E-state index in [1.54, 1.807) is 25.3 Å². The fraction of sp³-hybridized carbons (Fsp3) is 0.457. The monoisotopic (exact) mass is 664 g/mol. The van der Waals surface area contributed by atoms with Gasteiger partial charge in [-0.1, -0.05) is 6.42 Å². The summed E-state index contributed by atoms with van der Waals surface area (Å²) in [7, 11) is 3.69. The molecule has 48 heavy (non-hydrogen) atoms. The number of rotatable bonds is 13. The average Bonchev–Trinajstić information content (AvgIpc) is 3.05. The first-order valence-corrected chi connectivity index (χ1v) is 16.4. The number of hydrogen-bond acceptors (Lipinski definition) is 10. The molecule has 1 unspecified atom stereocenters. The lowest BCUT2D eigenvalue weighted by atomic mass is 9.66. The van der Waals surface area contributed by atoms with E-state index in [4.69, 9.17) is 14.2 Å². The average molecular weight is 665 g/mol. The molecule has 1 saturated heterocycles. The van der Waals surface area contributed by atoms with E-state index in [9.17, 15) is 14.3 Å². The maximum absolute atomic E-state index is 15.4. The first kappa shape index (κ1) is 33.7. The predicted octanol–water partition coefficient (Wildman–Crippen LogP) is 4.40. The van der Waals surface area contributed by atoms with Gasteiger partial charge in [-0.2, -0.15) is 0 Å². The zero-order chi connectivity index (χ0) is 33.7. The second-order valence-electron chi connectivity index (χ2n) is 12.6. The van der Waals surface area contributed by atoms with Gasteiger partial charge in [0.2, 0.25) is 11.8 Å². The molecule has 3 aromatic rings. The summed E-state index contributed by atoms with van der Waals surface area (Å²) < 4.78 is 46.3. The number of carbonyl (C=O) groups is 1. The summed E-state index contributed by atoms with van der Waals surface area (Å²) >= 11 is 0. The van der Waals surface area contributed by atoms with Crippen molar-refractivity contribution in [2.24, 2.45) is 5.41 Å². The van der Waals surface area contributed by atoms with Crippen LogP contribution in [0.5, 0.6) is 17.4 Å². The maximum Gasteiger partial charge on any atom is 0.234 e. The number of allylic oxidation sites excluding steroid dienone is 1. The first-order valence-electron chi connectivity index (χ1n) is 16.4. The number of amides is 1. The van der Waals surface area contributed by atoms with E-state index in [0.717, 1.165) is 45.6 Å². The lowest BCUT2D eigenvalue weighted by molar-refractivity contribution is -0.143. The fourth-order valence-corrected chi connectivity index (χ4v) is 6.24. The number of carbonyl (C=O) groups excluding carboxylic acids is 1. The van der Waals surface area contributed by atoms with Crippen molar-refractivity contribution in [2.75, 3.05) is 58.8 Å². The quantitative estimate of drug-likeness (QED) is 0.179. The number of ether oxygens (including phenoxy) is 3. The van der Waals surface area contributed by atoms with E-state index < -0.39 is 29.3 Å². The van der Waals surface area contributed by atoms with E-state index >= 15 is 4.39 Å². The Hall–Kier alpha value is -4.17. The van der Waals surface area contributed by atoms with Crippen molar-refractivity contribution in [1.82, 2.24) is 25.1 Å². The molecule has 0 radical (unpaired) electrons. The number of piperazine rings is 1. The number of benzene rings is 2. The minimum atomic E-state index is -1.22. The van der Waals surface area contributed by atoms with Crippen molar-refractivity contribution >= 4 is 22.5 Å². The van der Waals surface area contributed by atoms with Crippen molar-refractivity contribution in [3.63, 3.8) is 0 Å². The van der Waals surface area contributed by atoms with Gasteiger partial charge in [-0.05, 0) is 75.2 Å². The number of nitrogens with one attached hydrogen (secondary N) is 2. The Labute approximate surface area is 278 Å². The Morgan fingerprint density at radius 3 is 2.56 bits per heavy atom. The Morgan fingerprint density at radius 1 is 1.10 bits per heavy atom. The SMILES string of the molecule is COc1cc2c(OC3=CC[C@@H](NC(O)C4(C(=O)Nc5ccc(F)cc5)CCC4)C=C3F)ncnc2cc1OCCCN1CCN(C)CC1. The third kappa shape index (κ3) is 7.59. The molecule has 2 heterocycles. The molecule has 1 aromatic heterocycles. The van der Waals surface area contributed by atoms with Gasteiger partial charge in [0.05, 0.1) is 30.0 Å². The molecule has 13 heteroatoms. The molecule has 0 bridgehead atoms. The number of likely N-dealkylation sites (N-methyl/N-ethyl adjacent to an activating group) is 1. The standard InChI is InChI=1S/C35H42F2N6O5/c1-42-14-16-43(17-15-42)13-4-18-47-31-21-28-26(20-30(31)46-2)32(39-22-38-28)48-29-10-9-25(19-27(29)37)41-34(45)35(11-3-12-35)33(44)40-24-7-5-23(36)6-8-24/h5-8,10,19-22,25,34,41,45H,3-4,9,11-18H2,1-2H3,(H,40,44)/t25-,34?/m1/s1. The highest BCUT2D eigenvalue weighted by atomic mass is 19.1. The summed E-state index contributed by atoms with van der Waals surface area (Å²) in [5.74, 6) is -0.231. The molecule has 11 nitrogen and oxygen atoms in total. The Balaban J connectivity index is 1.06. The van der Waals surface area contributed by atoms with Gasteiger partial charge < -0.3 is 34.4 Å². The van der Waals surface area contributed by atoms with Crippen molar-refractivity contribution in [3.05, 3.63) is 72.3 Å². The molecule has 2 fully saturated rings. The smallest absolute Gasteiger partial charge is 0.234 e. The normalized spacial score (nSPS) is 20.3. The molecule has 2 atom stereocenters. The van der Waals surface area contributed by atoms with Crippen LogP contribution < -0.4 is 24.8 Å². The van der Waals surface area contributed by atoms with Crippen LogP contribution in [-0.4, -0.2) is 96.5 Å². The number of nitrogens with zero attached hydrogens (tertiary/aromatic N) is 4. The van der Waals surface area contributed by atoms with Crippen LogP contribution >= 0.6 is 0 Å². The molecule has 1 amide bonds. The van der Waals surface area contributed by atoms with Crippen LogP contribution in [0, 0.1) is 11.2 Å². The van der Waals surface area contributed by atoms with Crippen LogP contribution in [0.1, 0.15) is 32.1 Å². The van der Waals surface area contributed by atoms with Crippen LogP contribution in [-0.2, 0) is 4.79 Å². The molecule has 1 aliphatic heterocycles. The van der Waals surface area contributed by atoms with Gasteiger partial charge in [0.15, 0.2) is 23.1 Å². The Bertz CT molecular complexity index is 1660. The largest absolute Gasteiger partial charge is 0.493 e. The second-order valence-corrected chi connectivity index (χ2v) is 12.6. The molecule has 3 N–H and O–H groups in total. The molecule has 2 aliphatic carbocycles. The Kier molecular flexibility index (Phi) is 10.5. The third-order valence-corrected chi connectivity index (χ3v) is 9.40. The van der Waals surface area contributed by atoms with Crippen molar-refractivity contribution in [3.8, 4) is 17.4 Å². The highest BCUT2D eigenvalue weighted by Crippen LogP contribution is 2.45. The Morgan fingerprint density at radius 2 is 1.88 bits per heavy atom. The lowest BCUT2D eigenvalue weighted by Gasteiger charge is -2.44. The fourth-order valence-electron chi connectivity index (χ4n) is 6.24. The summed E-state index contributed by atoms with van der Waals surface area (Å²) in [6.45, 7) is 5.74. The van der Waals surface area contributed by atoms with Crippen LogP contribution in [0.2, 0.25) is 0 Å². The molecule has 1 saturated carbocycles. The van der Waals surface area contributed by atoms with E-state index in [1.165, 1.54) is 36.7 Å². The van der Waals surface area contributed by atoms with Gasteiger partial charge in [0, 0.05) is 50.5 Å². The van der Waals surface area contributed by atoms with E-state index in [0.29, 0.717) is 54.0 Å². The summed E-state index contributed by atoms with van der Waals surface area (Å²) in [6, 6.07) is 8.35. The van der Waals surface area contributed by atoms with Crippen molar-refractivity contribution in [1.29, 1.82) is 0 Å². The molecule has 256 valence electrons. The van der Waals surface area contributed by atoms with Gasteiger partial charge in [0.1, 0.15) is 18.4 Å². The number of fused-ring (bicyclic) bond motifs is 1. The van der Waals surface area contributed by atoms with Crippen LogP contribution in [0.25, 0.3) is 10.9 Å². The van der Waals surface area contributed by atoms with Crippen LogP contribution in [0.15, 0.2) is 66.5 Å². The summed E-state index contributed by atoms with van der Waals surface area (Å²) in [4.78, 5) is 26.5. The first-order chi connectivity index (χ1) is 23.2. The van der Waals surface area contributed by atoms with E-state index in [1.807, 2.05) is 0 Å². The zero-order valence-corrected chi connectivity index (χ0v) is 27.3. The van der Waals surface area contributed by atoms with Crippen molar-refractivity contribution < 1.29 is 32.9 Å². The van der Waals surface area contributed by atoms with E-state index in [-0.39, 0.29) is 17.5 Å². The minimum Gasteiger partial charge on any atom is -0.493 e. The van der Waals surface area contributed by atoms with Gasteiger partial charge in [-0.15, -0.1) is 0 Å². The molecule has 3 aliphatic rings. The van der Waals surface area contributed by atoms with Gasteiger partial charge >= 0.3 is 0 Å². The molecule has 2 aromatic carbocycles. The second kappa shape index (κ2) is 14.9. The van der Waals surface area contributed by atoms with Crippen molar-refractivity contribution in [2.45, 2.75) is 44.4 Å². The maximum atomic E-state index is 15.4. The predicted molar refractivity (Wildman–Crippen MR) is 177 cm³/mol. The number of hydrogen-bond donors (Lipinski definition) is 3. The summed E-state index contributed by atoms with van der Waals surface area (Å²) in [5, 5.41) is 17.4. The molecule has 6 rings (SSSR count). The van der Waals surface area contributed by atoms with E-state index in [2.05, 4.69) is 37.4 Å². The third-order valence-electron chi connectivity index (χ3n) is 9.40. The van der Waals surface area contributed by atoms with Crippen LogP contribution in [0.4, 0.5) is 14.5 Å². The number of aliphatic hydroxyl groups is 1. The number of aromatic nitrogens is 2. The molecule has 0 spiro atoms. The highest BCUT2D eigenvalue weighted by molar-refractivity contribution is 5.96. The number of methoxy groups -OCH3 is 1. The number of halogens is 2. The summed E-state index contributed by atoms with van der Waals surface area (Å²) in [5.41, 5.74) is -0.0859. The summed E-state index contributed by atoms with van der Waals surface area (Å²) in [6.07, 6.45) is 5.89. The van der Waals surface area contributed by atoms with Gasteiger partial charge in [-0.3, -0.25) is 10.1 Å². The zero-order valence-electron chi connectivity index (χ0n) is 27.3. The number of aliphatic hydroxyl groups excluding tert-OH is 1. The topological polar surface area (TPSA) is 121 Å².